The molecule has 1 aromatic carbocycles. The topological polar surface area (TPSA) is 75.1 Å². The van der Waals surface area contributed by atoms with Crippen LogP contribution in [-0.2, 0) is 12.1 Å². The van der Waals surface area contributed by atoms with Crippen LogP contribution < -0.4 is 20.1 Å². The molecule has 0 radical (unpaired) electrons. The molecular weight excluding hydrogens is 525 g/mol. The lowest BCUT2D eigenvalue weighted by Gasteiger charge is -2.24. The Morgan fingerprint density at radius 1 is 1.31 bits per heavy atom. The summed E-state index contributed by atoms with van der Waals surface area (Å²) in [6, 6.07) is 5.70. The van der Waals surface area contributed by atoms with Crippen LogP contribution in [-0.4, -0.2) is 37.4 Å². The summed E-state index contributed by atoms with van der Waals surface area (Å²) in [5.41, 5.74) is 0.834. The maximum Gasteiger partial charge on any atom is 0.191 e. The van der Waals surface area contributed by atoms with Gasteiger partial charge in [0.05, 0.1) is 31.3 Å². The Morgan fingerprint density at radius 3 is 2.83 bits per heavy atom. The maximum atomic E-state index is 10.7. The summed E-state index contributed by atoms with van der Waals surface area (Å²) >= 11 is 7.92. The number of thiophene rings is 1. The number of nitrogens with zero attached hydrogens (tertiary/aromatic N) is 1. The van der Waals surface area contributed by atoms with E-state index in [1.165, 1.54) is 0 Å². The van der Waals surface area contributed by atoms with Gasteiger partial charge in [0.25, 0.3) is 0 Å². The molecule has 0 amide bonds. The molecule has 0 saturated carbocycles. The summed E-state index contributed by atoms with van der Waals surface area (Å²) in [5, 5.41) is 21.5. The molecule has 1 atom stereocenters. The minimum absolute atomic E-state index is 0. The number of aliphatic hydroxyl groups is 1. The summed E-state index contributed by atoms with van der Waals surface area (Å²) in [7, 11) is 0. The van der Waals surface area contributed by atoms with Crippen molar-refractivity contribution in [1.29, 1.82) is 0 Å². The van der Waals surface area contributed by atoms with Crippen molar-refractivity contribution in [2.75, 3.05) is 26.3 Å². The summed E-state index contributed by atoms with van der Waals surface area (Å²) in [6.45, 7) is 6.48. The maximum absolute atomic E-state index is 10.7. The monoisotopic (exact) mass is 551 g/mol. The van der Waals surface area contributed by atoms with Gasteiger partial charge < -0.3 is 25.2 Å². The van der Waals surface area contributed by atoms with E-state index in [0.29, 0.717) is 55.3 Å². The van der Waals surface area contributed by atoms with Crippen LogP contribution in [0.5, 0.6) is 11.5 Å². The molecule has 1 aliphatic heterocycles. The number of ether oxygens (including phenoxy) is 2. The molecule has 2 aromatic rings. The van der Waals surface area contributed by atoms with Gasteiger partial charge in [-0.25, -0.2) is 4.99 Å². The van der Waals surface area contributed by atoms with Crippen molar-refractivity contribution in [2.45, 2.75) is 32.4 Å². The van der Waals surface area contributed by atoms with Crippen molar-refractivity contribution in [3.8, 4) is 11.5 Å². The standard InChI is InChI=1S/C20H26ClN3O3S.HI/c1-3-22-19(24-13-20(2,25)15-5-8-28-12-15)23-11-14-9-16(21)18-17(10-14)26-6-4-7-27-18;/h5,8-10,12,25H,3-4,6-7,11,13H2,1-2H3,(H2,22,23,24);1H. The number of guanidine groups is 1. The molecule has 160 valence electrons. The number of aliphatic imine (C=N–C) groups is 1. The van der Waals surface area contributed by atoms with Crippen LogP contribution in [0.25, 0.3) is 0 Å². The zero-order valence-electron chi connectivity index (χ0n) is 16.5. The third-order valence-electron chi connectivity index (χ3n) is 4.37. The first-order valence-corrected chi connectivity index (χ1v) is 10.7. The van der Waals surface area contributed by atoms with Crippen LogP contribution in [0.1, 0.15) is 31.4 Å². The SMILES string of the molecule is CCNC(=NCc1cc(Cl)c2c(c1)OCCCO2)NCC(C)(O)c1ccsc1.I. The van der Waals surface area contributed by atoms with Gasteiger partial charge in [-0.05, 0) is 53.9 Å². The van der Waals surface area contributed by atoms with Crippen molar-refractivity contribution in [2.24, 2.45) is 4.99 Å². The van der Waals surface area contributed by atoms with Crippen LogP contribution in [0.2, 0.25) is 5.02 Å². The zero-order valence-corrected chi connectivity index (χ0v) is 20.4. The number of hydrogen-bond acceptors (Lipinski definition) is 5. The molecule has 1 aliphatic rings. The van der Waals surface area contributed by atoms with Crippen molar-refractivity contribution in [3.63, 3.8) is 0 Å². The average molecular weight is 552 g/mol. The Labute approximate surface area is 197 Å². The molecule has 1 aromatic heterocycles. The van der Waals surface area contributed by atoms with Gasteiger partial charge in [-0.2, -0.15) is 11.3 Å². The van der Waals surface area contributed by atoms with E-state index in [0.717, 1.165) is 17.5 Å². The van der Waals surface area contributed by atoms with E-state index in [9.17, 15) is 5.11 Å². The van der Waals surface area contributed by atoms with Crippen molar-refractivity contribution >= 4 is 52.9 Å². The highest BCUT2D eigenvalue weighted by Gasteiger charge is 2.23. The number of benzene rings is 1. The zero-order chi connectivity index (χ0) is 20.0. The van der Waals surface area contributed by atoms with Gasteiger partial charge in [0, 0.05) is 13.0 Å². The van der Waals surface area contributed by atoms with Gasteiger partial charge in [0.1, 0.15) is 5.60 Å². The fourth-order valence-corrected chi connectivity index (χ4v) is 3.89. The first-order valence-electron chi connectivity index (χ1n) is 9.35. The number of hydrogen-bond donors (Lipinski definition) is 3. The molecule has 0 bridgehead atoms. The Morgan fingerprint density at radius 2 is 2.10 bits per heavy atom. The van der Waals surface area contributed by atoms with Crippen LogP contribution in [0.15, 0.2) is 34.0 Å². The quantitative estimate of drug-likeness (QED) is 0.286. The van der Waals surface area contributed by atoms with Crippen LogP contribution in [0.4, 0.5) is 0 Å². The minimum Gasteiger partial charge on any atom is -0.489 e. The number of rotatable bonds is 6. The molecule has 0 fully saturated rings. The Hall–Kier alpha value is -1.23. The Bertz CT molecular complexity index is 816. The lowest BCUT2D eigenvalue weighted by molar-refractivity contribution is 0.0621. The molecular formula is C20H27ClIN3O3S. The van der Waals surface area contributed by atoms with Crippen LogP contribution in [0.3, 0.4) is 0 Å². The molecule has 3 rings (SSSR count). The van der Waals surface area contributed by atoms with Gasteiger partial charge in [-0.3, -0.25) is 0 Å². The molecule has 1 unspecified atom stereocenters. The smallest absolute Gasteiger partial charge is 0.191 e. The molecule has 0 spiro atoms. The van der Waals surface area contributed by atoms with Gasteiger partial charge in [-0.1, -0.05) is 11.6 Å². The van der Waals surface area contributed by atoms with Gasteiger partial charge >= 0.3 is 0 Å². The second kappa shape index (κ2) is 11.2. The van der Waals surface area contributed by atoms with Crippen LogP contribution >= 0.6 is 46.9 Å². The average Bonchev–Trinajstić information content (AvgIpc) is 3.11. The fourth-order valence-electron chi connectivity index (χ4n) is 2.82. The number of halogens is 2. The van der Waals surface area contributed by atoms with Crippen molar-refractivity contribution in [1.82, 2.24) is 10.6 Å². The highest BCUT2D eigenvalue weighted by molar-refractivity contribution is 14.0. The van der Waals surface area contributed by atoms with E-state index in [1.54, 1.807) is 18.3 Å². The van der Waals surface area contributed by atoms with E-state index in [1.807, 2.05) is 35.9 Å². The molecule has 2 heterocycles. The number of fused-ring (bicyclic) bond motifs is 1. The lowest BCUT2D eigenvalue weighted by Crippen LogP contribution is -2.44. The summed E-state index contributed by atoms with van der Waals surface area (Å²) in [5.74, 6) is 1.89. The van der Waals surface area contributed by atoms with Crippen molar-refractivity contribution < 1.29 is 14.6 Å². The Balaban J connectivity index is 0.00000300. The molecule has 3 N–H and O–H groups in total. The van der Waals surface area contributed by atoms with Crippen LogP contribution in [0, 0.1) is 0 Å². The minimum atomic E-state index is -0.977. The second-order valence-electron chi connectivity index (χ2n) is 6.79. The second-order valence-corrected chi connectivity index (χ2v) is 7.98. The van der Waals surface area contributed by atoms with Gasteiger partial charge in [0.15, 0.2) is 17.5 Å². The summed E-state index contributed by atoms with van der Waals surface area (Å²) in [4.78, 5) is 4.61. The Kier molecular flexibility index (Phi) is 9.32. The summed E-state index contributed by atoms with van der Waals surface area (Å²) < 4.78 is 11.4. The fraction of sp³-hybridized carbons (Fsp3) is 0.450. The molecule has 0 aliphatic carbocycles. The predicted molar refractivity (Wildman–Crippen MR) is 129 cm³/mol. The van der Waals surface area contributed by atoms with E-state index in [4.69, 9.17) is 21.1 Å². The van der Waals surface area contributed by atoms with E-state index in [2.05, 4.69) is 15.6 Å². The van der Waals surface area contributed by atoms with Crippen molar-refractivity contribution in [3.05, 3.63) is 45.1 Å². The van der Waals surface area contributed by atoms with E-state index >= 15 is 0 Å². The number of nitrogens with one attached hydrogen (secondary N) is 2. The lowest BCUT2D eigenvalue weighted by atomic mass is 9.99. The first-order chi connectivity index (χ1) is 13.5. The third-order valence-corrected chi connectivity index (χ3v) is 5.33. The molecule has 9 heteroatoms. The van der Waals surface area contributed by atoms with E-state index < -0.39 is 5.60 Å². The highest BCUT2D eigenvalue weighted by atomic mass is 127. The predicted octanol–water partition coefficient (Wildman–Crippen LogP) is 4.14. The normalized spacial score (nSPS) is 15.7. The first kappa shape index (κ1) is 24.0. The molecule has 29 heavy (non-hydrogen) atoms. The summed E-state index contributed by atoms with van der Waals surface area (Å²) in [6.07, 6.45) is 0.830. The molecule has 6 nitrogen and oxygen atoms in total. The van der Waals surface area contributed by atoms with Gasteiger partial charge in [0.2, 0.25) is 0 Å². The highest BCUT2D eigenvalue weighted by Crippen LogP contribution is 2.38. The third kappa shape index (κ3) is 6.63. The van der Waals surface area contributed by atoms with Gasteiger partial charge in [-0.15, -0.1) is 24.0 Å². The van der Waals surface area contributed by atoms with E-state index in [-0.39, 0.29) is 24.0 Å². The molecule has 0 saturated heterocycles. The largest absolute Gasteiger partial charge is 0.489 e.